The number of para-hydroxylation sites is 1. The summed E-state index contributed by atoms with van der Waals surface area (Å²) in [6.07, 6.45) is -0.0539. The SMILES string of the molecule is CC(C)(C)OC(=O)Nc1cc(CC(=S)CN)nn1-c1ccccc1. The summed E-state index contributed by atoms with van der Waals surface area (Å²) in [7, 11) is 0. The van der Waals surface area contributed by atoms with Crippen molar-refractivity contribution in [2.75, 3.05) is 11.9 Å². The molecule has 0 atom stereocenters. The Hall–Kier alpha value is -2.25. The van der Waals surface area contributed by atoms with Crippen LogP contribution in [0.4, 0.5) is 10.6 Å². The predicted molar refractivity (Wildman–Crippen MR) is 98.8 cm³/mol. The number of nitrogens with zero attached hydrogens (tertiary/aromatic N) is 2. The molecule has 1 amide bonds. The second-order valence-corrected chi connectivity index (χ2v) is 6.89. The van der Waals surface area contributed by atoms with Gasteiger partial charge in [-0.05, 0) is 32.9 Å². The molecule has 6 nitrogen and oxygen atoms in total. The van der Waals surface area contributed by atoms with Crippen molar-refractivity contribution in [3.8, 4) is 5.69 Å². The van der Waals surface area contributed by atoms with E-state index in [0.29, 0.717) is 23.6 Å². The van der Waals surface area contributed by atoms with Crippen molar-refractivity contribution in [3.05, 3.63) is 42.1 Å². The molecule has 0 aliphatic rings. The monoisotopic (exact) mass is 346 g/mol. The number of hydrogen-bond donors (Lipinski definition) is 2. The molecular formula is C17H22N4O2S. The van der Waals surface area contributed by atoms with Crippen molar-refractivity contribution in [1.82, 2.24) is 9.78 Å². The van der Waals surface area contributed by atoms with Crippen molar-refractivity contribution >= 4 is 29.0 Å². The largest absolute Gasteiger partial charge is 0.444 e. The van der Waals surface area contributed by atoms with Gasteiger partial charge in [-0.25, -0.2) is 9.48 Å². The minimum absolute atomic E-state index is 0.322. The average Bonchev–Trinajstić information content (AvgIpc) is 2.88. The van der Waals surface area contributed by atoms with Gasteiger partial charge in [-0.2, -0.15) is 5.10 Å². The number of amides is 1. The standard InChI is InChI=1S/C17H22N4O2S/c1-17(2,3)23-16(22)19-15-10-12(9-14(24)11-18)20-21(15)13-7-5-4-6-8-13/h4-8,10H,9,11,18H2,1-3H3,(H,19,22). The molecule has 128 valence electrons. The van der Waals surface area contributed by atoms with Crippen LogP contribution < -0.4 is 11.1 Å². The number of thiocarbonyl (C=S) groups is 1. The van der Waals surface area contributed by atoms with Crippen LogP contribution in [0.2, 0.25) is 0 Å². The summed E-state index contributed by atoms with van der Waals surface area (Å²) in [5.41, 5.74) is 6.55. The second-order valence-electron chi connectivity index (χ2n) is 6.31. The van der Waals surface area contributed by atoms with E-state index in [2.05, 4.69) is 10.4 Å². The van der Waals surface area contributed by atoms with Crippen LogP contribution in [0.25, 0.3) is 5.69 Å². The lowest BCUT2D eigenvalue weighted by Crippen LogP contribution is -2.27. The molecule has 0 spiro atoms. The van der Waals surface area contributed by atoms with E-state index >= 15 is 0 Å². The molecule has 1 aromatic heterocycles. The van der Waals surface area contributed by atoms with Gasteiger partial charge in [-0.3, -0.25) is 5.32 Å². The van der Waals surface area contributed by atoms with Crippen LogP contribution in [-0.4, -0.2) is 32.9 Å². The summed E-state index contributed by atoms with van der Waals surface area (Å²) in [4.78, 5) is 12.8. The number of hydrogen-bond acceptors (Lipinski definition) is 5. The summed E-state index contributed by atoms with van der Waals surface area (Å²) in [5, 5.41) is 7.26. The van der Waals surface area contributed by atoms with Crippen molar-refractivity contribution in [2.24, 2.45) is 5.73 Å². The molecule has 7 heteroatoms. The third-order valence-electron chi connectivity index (χ3n) is 3.00. The van der Waals surface area contributed by atoms with Crippen LogP contribution in [0, 0.1) is 0 Å². The van der Waals surface area contributed by atoms with Crippen molar-refractivity contribution in [1.29, 1.82) is 0 Å². The highest BCUT2D eigenvalue weighted by Crippen LogP contribution is 2.19. The molecule has 1 aromatic carbocycles. The first-order valence-electron chi connectivity index (χ1n) is 7.64. The molecule has 0 saturated heterocycles. The van der Waals surface area contributed by atoms with Crippen LogP contribution in [0.15, 0.2) is 36.4 Å². The van der Waals surface area contributed by atoms with Gasteiger partial charge in [-0.15, -0.1) is 0 Å². The summed E-state index contributed by atoms with van der Waals surface area (Å²) < 4.78 is 6.96. The minimum atomic E-state index is -0.578. The Morgan fingerprint density at radius 1 is 1.33 bits per heavy atom. The normalized spacial score (nSPS) is 11.2. The van der Waals surface area contributed by atoms with E-state index in [1.54, 1.807) is 10.7 Å². The van der Waals surface area contributed by atoms with E-state index in [0.717, 1.165) is 11.4 Å². The van der Waals surface area contributed by atoms with Crippen LogP contribution in [0.3, 0.4) is 0 Å². The number of aromatic nitrogens is 2. The Bertz CT molecular complexity index is 720. The van der Waals surface area contributed by atoms with E-state index in [1.807, 2.05) is 51.1 Å². The number of nitrogens with two attached hydrogens (primary N) is 1. The Morgan fingerprint density at radius 2 is 2.00 bits per heavy atom. The lowest BCUT2D eigenvalue weighted by molar-refractivity contribution is 0.0635. The first-order valence-corrected chi connectivity index (χ1v) is 8.05. The lowest BCUT2D eigenvalue weighted by atomic mass is 10.2. The molecule has 0 aliphatic carbocycles. The molecule has 0 fully saturated rings. The van der Waals surface area contributed by atoms with Crippen molar-refractivity contribution in [2.45, 2.75) is 32.8 Å². The molecule has 0 bridgehead atoms. The number of carbonyl (C=O) groups is 1. The second kappa shape index (κ2) is 7.55. The number of rotatable bonds is 5. The minimum Gasteiger partial charge on any atom is -0.444 e. The fraction of sp³-hybridized carbons (Fsp3) is 0.353. The zero-order valence-corrected chi connectivity index (χ0v) is 14.9. The Morgan fingerprint density at radius 3 is 2.58 bits per heavy atom. The van der Waals surface area contributed by atoms with Gasteiger partial charge in [0.05, 0.1) is 11.4 Å². The molecule has 1 heterocycles. The third-order valence-corrected chi connectivity index (χ3v) is 3.31. The first-order chi connectivity index (χ1) is 11.3. The number of ether oxygens (including phenoxy) is 1. The smallest absolute Gasteiger partial charge is 0.413 e. The summed E-state index contributed by atoms with van der Waals surface area (Å²) >= 11 is 5.18. The summed E-state index contributed by atoms with van der Waals surface area (Å²) in [6.45, 7) is 5.76. The fourth-order valence-electron chi connectivity index (χ4n) is 2.05. The highest BCUT2D eigenvalue weighted by Gasteiger charge is 2.19. The highest BCUT2D eigenvalue weighted by molar-refractivity contribution is 7.80. The van der Waals surface area contributed by atoms with Gasteiger partial charge in [-0.1, -0.05) is 30.4 Å². The molecule has 0 saturated carbocycles. The quantitative estimate of drug-likeness (QED) is 0.813. The fourth-order valence-corrected chi connectivity index (χ4v) is 2.20. The molecule has 0 unspecified atom stereocenters. The molecular weight excluding hydrogens is 324 g/mol. The Balaban J connectivity index is 2.30. The topological polar surface area (TPSA) is 82.2 Å². The van der Waals surface area contributed by atoms with Crippen molar-refractivity contribution < 1.29 is 9.53 Å². The van der Waals surface area contributed by atoms with Gasteiger partial charge in [0, 0.05) is 23.9 Å². The summed E-state index contributed by atoms with van der Waals surface area (Å²) in [6, 6.07) is 11.3. The average molecular weight is 346 g/mol. The number of nitrogens with one attached hydrogen (secondary N) is 1. The van der Waals surface area contributed by atoms with Gasteiger partial charge >= 0.3 is 6.09 Å². The third kappa shape index (κ3) is 5.14. The van der Waals surface area contributed by atoms with Crippen LogP contribution in [0.5, 0.6) is 0 Å². The van der Waals surface area contributed by atoms with Gasteiger partial charge < -0.3 is 10.5 Å². The molecule has 2 rings (SSSR count). The molecule has 0 radical (unpaired) electrons. The maximum absolute atomic E-state index is 12.1. The van der Waals surface area contributed by atoms with Crippen LogP contribution in [-0.2, 0) is 11.2 Å². The molecule has 2 aromatic rings. The van der Waals surface area contributed by atoms with E-state index in [1.165, 1.54) is 0 Å². The first kappa shape index (κ1) is 18.1. The molecule has 0 aliphatic heterocycles. The van der Waals surface area contributed by atoms with Gasteiger partial charge in [0.15, 0.2) is 0 Å². The number of carbonyl (C=O) groups excluding carboxylic acids is 1. The zero-order valence-electron chi connectivity index (χ0n) is 14.1. The summed E-state index contributed by atoms with van der Waals surface area (Å²) in [5.74, 6) is 0.519. The zero-order chi connectivity index (χ0) is 17.7. The predicted octanol–water partition coefficient (Wildman–Crippen LogP) is 3.09. The highest BCUT2D eigenvalue weighted by atomic mass is 32.1. The van der Waals surface area contributed by atoms with E-state index < -0.39 is 11.7 Å². The number of benzene rings is 1. The van der Waals surface area contributed by atoms with Gasteiger partial charge in [0.25, 0.3) is 0 Å². The van der Waals surface area contributed by atoms with Gasteiger partial charge in [0.2, 0.25) is 0 Å². The molecule has 3 N–H and O–H groups in total. The van der Waals surface area contributed by atoms with E-state index in [-0.39, 0.29) is 0 Å². The number of anilines is 1. The Labute approximate surface area is 147 Å². The van der Waals surface area contributed by atoms with E-state index in [4.69, 9.17) is 22.7 Å². The maximum atomic E-state index is 12.1. The lowest BCUT2D eigenvalue weighted by Gasteiger charge is -2.19. The van der Waals surface area contributed by atoms with Crippen molar-refractivity contribution in [3.63, 3.8) is 0 Å². The Kier molecular flexibility index (Phi) is 5.69. The van der Waals surface area contributed by atoms with Gasteiger partial charge in [0.1, 0.15) is 11.4 Å². The van der Waals surface area contributed by atoms with Crippen LogP contribution >= 0.6 is 12.2 Å². The van der Waals surface area contributed by atoms with Crippen LogP contribution in [0.1, 0.15) is 26.5 Å². The van der Waals surface area contributed by atoms with E-state index in [9.17, 15) is 4.79 Å². The maximum Gasteiger partial charge on any atom is 0.413 e. The molecule has 24 heavy (non-hydrogen) atoms.